The van der Waals surface area contributed by atoms with Crippen LogP contribution < -0.4 is 0 Å². The number of aromatic amines is 1. The molecule has 1 aliphatic heterocycles. The van der Waals surface area contributed by atoms with Crippen LogP contribution in [0, 0.1) is 5.82 Å². The van der Waals surface area contributed by atoms with E-state index in [9.17, 15) is 23.9 Å². The average Bonchev–Trinajstić information content (AvgIpc) is 3.05. The first-order chi connectivity index (χ1) is 10.5. The number of imide groups is 1. The number of imidazole rings is 1. The van der Waals surface area contributed by atoms with Crippen molar-refractivity contribution in [2.45, 2.75) is 12.5 Å². The number of halogens is 1. The van der Waals surface area contributed by atoms with Gasteiger partial charge in [0.1, 0.15) is 11.9 Å². The van der Waals surface area contributed by atoms with Crippen LogP contribution in [0.3, 0.4) is 0 Å². The van der Waals surface area contributed by atoms with E-state index >= 15 is 0 Å². The fourth-order valence-corrected chi connectivity index (χ4v) is 2.41. The van der Waals surface area contributed by atoms with Gasteiger partial charge >= 0.3 is 5.97 Å². The Bertz CT molecular complexity index is 772. The summed E-state index contributed by atoms with van der Waals surface area (Å²) in [7, 11) is 0. The lowest BCUT2D eigenvalue weighted by molar-refractivity contribution is -0.141. The molecule has 22 heavy (non-hydrogen) atoms. The van der Waals surface area contributed by atoms with Crippen LogP contribution in [-0.2, 0) is 11.2 Å². The van der Waals surface area contributed by atoms with Gasteiger partial charge in [0.15, 0.2) is 0 Å². The summed E-state index contributed by atoms with van der Waals surface area (Å²) in [5.74, 6) is -3.55. The lowest BCUT2D eigenvalue weighted by Crippen LogP contribution is -2.46. The molecule has 3 rings (SSSR count). The molecule has 0 saturated carbocycles. The van der Waals surface area contributed by atoms with E-state index < -0.39 is 29.6 Å². The summed E-state index contributed by atoms with van der Waals surface area (Å²) in [6.07, 6.45) is 2.67. The molecule has 1 aromatic carbocycles. The van der Waals surface area contributed by atoms with Gasteiger partial charge in [-0.2, -0.15) is 0 Å². The Balaban J connectivity index is 1.98. The molecule has 0 aliphatic carbocycles. The molecule has 0 fully saturated rings. The second-order valence-corrected chi connectivity index (χ2v) is 4.81. The number of nitrogens with zero attached hydrogens (tertiary/aromatic N) is 2. The number of carboxylic acid groups (broad SMARTS) is 1. The molecule has 7 nitrogen and oxygen atoms in total. The molecule has 2 heterocycles. The van der Waals surface area contributed by atoms with Crippen molar-refractivity contribution in [2.75, 3.05) is 0 Å². The molecular weight excluding hydrogens is 293 g/mol. The van der Waals surface area contributed by atoms with Gasteiger partial charge in [0, 0.05) is 18.3 Å². The molecule has 8 heteroatoms. The van der Waals surface area contributed by atoms with E-state index in [1.165, 1.54) is 18.6 Å². The van der Waals surface area contributed by atoms with E-state index in [4.69, 9.17) is 0 Å². The Morgan fingerprint density at radius 2 is 2.05 bits per heavy atom. The summed E-state index contributed by atoms with van der Waals surface area (Å²) >= 11 is 0. The third-order valence-corrected chi connectivity index (χ3v) is 3.44. The predicted molar refractivity (Wildman–Crippen MR) is 70.6 cm³/mol. The Morgan fingerprint density at radius 1 is 1.32 bits per heavy atom. The lowest BCUT2D eigenvalue weighted by atomic mass is 10.1. The van der Waals surface area contributed by atoms with Crippen molar-refractivity contribution in [3.05, 3.63) is 53.4 Å². The SMILES string of the molecule is O=C(O)C(Cc1cnc[nH]1)N1C(=O)c2ccc(F)cc2C1=O. The van der Waals surface area contributed by atoms with Gasteiger partial charge in [0.25, 0.3) is 11.8 Å². The van der Waals surface area contributed by atoms with Crippen molar-refractivity contribution >= 4 is 17.8 Å². The molecule has 0 bridgehead atoms. The van der Waals surface area contributed by atoms with Gasteiger partial charge in [-0.15, -0.1) is 0 Å². The molecule has 0 saturated heterocycles. The van der Waals surface area contributed by atoms with Crippen LogP contribution >= 0.6 is 0 Å². The number of carbonyl (C=O) groups excluding carboxylic acids is 2. The zero-order valence-electron chi connectivity index (χ0n) is 11.1. The molecule has 0 spiro atoms. The fourth-order valence-electron chi connectivity index (χ4n) is 2.41. The van der Waals surface area contributed by atoms with Gasteiger partial charge in [-0.1, -0.05) is 0 Å². The monoisotopic (exact) mass is 303 g/mol. The highest BCUT2D eigenvalue weighted by atomic mass is 19.1. The van der Waals surface area contributed by atoms with Crippen LogP contribution in [0.15, 0.2) is 30.7 Å². The van der Waals surface area contributed by atoms with Gasteiger partial charge in [-0.25, -0.2) is 14.2 Å². The minimum atomic E-state index is -1.39. The number of H-pyrrole nitrogens is 1. The number of carboxylic acids is 1. The van der Waals surface area contributed by atoms with E-state index in [2.05, 4.69) is 9.97 Å². The number of amides is 2. The standard InChI is InChI=1S/C14H10FN3O4/c15-7-1-2-9-10(3-7)13(20)18(12(9)19)11(14(21)22)4-8-5-16-6-17-8/h1-3,5-6,11H,4H2,(H,16,17)(H,21,22). The number of carbonyl (C=O) groups is 3. The van der Waals surface area contributed by atoms with Gasteiger partial charge < -0.3 is 10.1 Å². The summed E-state index contributed by atoms with van der Waals surface area (Å²) in [5.41, 5.74) is 0.346. The van der Waals surface area contributed by atoms with Crippen LogP contribution in [-0.4, -0.2) is 43.8 Å². The maximum absolute atomic E-state index is 13.2. The van der Waals surface area contributed by atoms with Gasteiger partial charge in [-0.05, 0) is 18.2 Å². The Labute approximate surface area is 123 Å². The predicted octanol–water partition coefficient (Wildman–Crippen LogP) is 0.841. The molecule has 1 aliphatic rings. The molecule has 1 atom stereocenters. The molecule has 1 aromatic heterocycles. The number of hydrogen-bond acceptors (Lipinski definition) is 4. The van der Waals surface area contributed by atoms with Gasteiger partial charge in [0.2, 0.25) is 0 Å². The zero-order chi connectivity index (χ0) is 15.9. The fraction of sp³-hybridized carbons (Fsp3) is 0.143. The van der Waals surface area contributed by atoms with Crippen molar-refractivity contribution in [3.63, 3.8) is 0 Å². The quantitative estimate of drug-likeness (QED) is 0.815. The van der Waals surface area contributed by atoms with E-state index in [1.54, 1.807) is 0 Å². The van der Waals surface area contributed by atoms with Gasteiger partial charge in [0.05, 0.1) is 17.5 Å². The number of nitrogens with one attached hydrogen (secondary N) is 1. The number of aliphatic carboxylic acids is 1. The van der Waals surface area contributed by atoms with E-state index in [0.29, 0.717) is 10.6 Å². The highest BCUT2D eigenvalue weighted by Gasteiger charge is 2.43. The largest absolute Gasteiger partial charge is 0.480 e. The van der Waals surface area contributed by atoms with E-state index in [-0.39, 0.29) is 17.5 Å². The smallest absolute Gasteiger partial charge is 0.327 e. The highest BCUT2D eigenvalue weighted by molar-refractivity contribution is 6.22. The van der Waals surface area contributed by atoms with Crippen molar-refractivity contribution in [1.29, 1.82) is 0 Å². The normalized spacial score (nSPS) is 15.0. The summed E-state index contributed by atoms with van der Waals surface area (Å²) < 4.78 is 13.2. The van der Waals surface area contributed by atoms with Crippen LogP contribution in [0.25, 0.3) is 0 Å². The molecule has 0 radical (unpaired) electrons. The van der Waals surface area contributed by atoms with Crippen molar-refractivity contribution in [2.24, 2.45) is 0 Å². The third-order valence-electron chi connectivity index (χ3n) is 3.44. The van der Waals surface area contributed by atoms with Crippen LogP contribution in [0.4, 0.5) is 4.39 Å². The topological polar surface area (TPSA) is 103 Å². The first kappa shape index (κ1) is 13.9. The number of aromatic nitrogens is 2. The zero-order valence-corrected chi connectivity index (χ0v) is 11.1. The van der Waals surface area contributed by atoms with E-state index in [0.717, 1.165) is 12.1 Å². The number of fused-ring (bicyclic) bond motifs is 1. The summed E-state index contributed by atoms with van der Waals surface area (Å²) in [6, 6.07) is 1.78. The minimum absolute atomic E-state index is 0.00209. The van der Waals surface area contributed by atoms with Crippen LogP contribution in [0.2, 0.25) is 0 Å². The molecule has 2 N–H and O–H groups in total. The third kappa shape index (κ3) is 2.14. The maximum Gasteiger partial charge on any atom is 0.327 e. The Morgan fingerprint density at radius 3 is 2.68 bits per heavy atom. The van der Waals surface area contributed by atoms with Crippen LogP contribution in [0.1, 0.15) is 26.4 Å². The molecule has 112 valence electrons. The first-order valence-electron chi connectivity index (χ1n) is 6.36. The van der Waals surface area contributed by atoms with Gasteiger partial charge in [-0.3, -0.25) is 14.5 Å². The van der Waals surface area contributed by atoms with Crippen molar-refractivity contribution in [1.82, 2.24) is 14.9 Å². The van der Waals surface area contributed by atoms with Crippen molar-refractivity contribution in [3.8, 4) is 0 Å². The highest BCUT2D eigenvalue weighted by Crippen LogP contribution is 2.26. The Kier molecular flexibility index (Phi) is 3.21. The summed E-state index contributed by atoms with van der Waals surface area (Å²) in [6.45, 7) is 0. The molecule has 2 aromatic rings. The molecular formula is C14H10FN3O4. The average molecular weight is 303 g/mol. The van der Waals surface area contributed by atoms with Crippen LogP contribution in [0.5, 0.6) is 0 Å². The lowest BCUT2D eigenvalue weighted by Gasteiger charge is -2.21. The second-order valence-electron chi connectivity index (χ2n) is 4.81. The van der Waals surface area contributed by atoms with E-state index in [1.807, 2.05) is 0 Å². The van der Waals surface area contributed by atoms with Crippen molar-refractivity contribution < 1.29 is 23.9 Å². The number of benzene rings is 1. The summed E-state index contributed by atoms with van der Waals surface area (Å²) in [4.78, 5) is 43.2. The number of rotatable bonds is 4. The summed E-state index contributed by atoms with van der Waals surface area (Å²) in [5, 5.41) is 9.35. The maximum atomic E-state index is 13.2. The molecule has 2 amide bonds. The minimum Gasteiger partial charge on any atom is -0.480 e. The Hall–Kier alpha value is -3.03. The molecule has 1 unspecified atom stereocenters. The first-order valence-corrected chi connectivity index (χ1v) is 6.36. The second kappa shape index (κ2) is 5.06. The number of hydrogen-bond donors (Lipinski definition) is 2.